The van der Waals surface area contributed by atoms with Gasteiger partial charge in [0.25, 0.3) is 11.1 Å². The molecule has 0 atom stereocenters. The van der Waals surface area contributed by atoms with Crippen LogP contribution in [-0.2, 0) is 14.3 Å². The number of rotatable bonds is 7. The summed E-state index contributed by atoms with van der Waals surface area (Å²) in [4.78, 5) is 41.6. The molecule has 2 aliphatic heterocycles. The quantitative estimate of drug-likeness (QED) is 0.490. The minimum absolute atomic E-state index is 0.0284. The van der Waals surface area contributed by atoms with E-state index >= 15 is 0 Å². The van der Waals surface area contributed by atoms with Crippen LogP contribution < -0.4 is 15.0 Å². The number of amides is 3. The molecule has 0 unspecified atom stereocenters. The maximum Gasteiger partial charge on any atom is 0.294 e. The fourth-order valence-electron chi connectivity index (χ4n) is 3.74. The number of morpholine rings is 1. The van der Waals surface area contributed by atoms with Crippen molar-refractivity contribution < 1.29 is 23.9 Å². The first-order valence-electron chi connectivity index (χ1n) is 11.2. The summed E-state index contributed by atoms with van der Waals surface area (Å²) in [5.74, 6) is -0.235. The second-order valence-electron chi connectivity index (χ2n) is 8.29. The fraction of sp³-hybridized carbons (Fsp3) is 0.320. The second-order valence-corrected chi connectivity index (χ2v) is 10.1. The summed E-state index contributed by atoms with van der Waals surface area (Å²) < 4.78 is 11.9. The van der Waals surface area contributed by atoms with Gasteiger partial charge in [0.2, 0.25) is 5.91 Å². The molecule has 2 aliphatic rings. The van der Waals surface area contributed by atoms with Crippen LogP contribution in [0.2, 0.25) is 0 Å². The smallest absolute Gasteiger partial charge is 0.294 e. The highest BCUT2D eigenvalue weighted by molar-refractivity contribution is 9.10. The first-order valence-corrected chi connectivity index (χ1v) is 12.9. The Morgan fingerprint density at radius 2 is 1.94 bits per heavy atom. The number of hydrogen-bond donors (Lipinski definition) is 1. The summed E-state index contributed by atoms with van der Waals surface area (Å²) in [7, 11) is 0. The minimum Gasteiger partial charge on any atom is -0.490 e. The summed E-state index contributed by atoms with van der Waals surface area (Å²) in [5, 5.41) is 2.38. The third-order valence-electron chi connectivity index (χ3n) is 5.32. The molecule has 10 heteroatoms. The van der Waals surface area contributed by atoms with Crippen molar-refractivity contribution in [3.05, 3.63) is 57.4 Å². The number of halogens is 1. The molecule has 2 aromatic carbocycles. The third-order valence-corrected chi connectivity index (χ3v) is 6.85. The van der Waals surface area contributed by atoms with E-state index in [2.05, 4.69) is 26.1 Å². The highest BCUT2D eigenvalue weighted by Crippen LogP contribution is 2.34. The van der Waals surface area contributed by atoms with Crippen LogP contribution in [0.5, 0.6) is 5.75 Å². The van der Waals surface area contributed by atoms with Crippen molar-refractivity contribution in [3.8, 4) is 5.75 Å². The molecule has 0 aromatic heterocycles. The van der Waals surface area contributed by atoms with Gasteiger partial charge in [-0.15, -0.1) is 0 Å². The predicted molar refractivity (Wildman–Crippen MR) is 141 cm³/mol. The van der Waals surface area contributed by atoms with Crippen LogP contribution in [0.15, 0.2) is 51.8 Å². The molecule has 0 radical (unpaired) electrons. The molecular formula is C25H26BrN3O5S. The Balaban J connectivity index is 1.43. The Morgan fingerprint density at radius 3 is 2.66 bits per heavy atom. The maximum absolute atomic E-state index is 12.9. The van der Waals surface area contributed by atoms with E-state index in [0.717, 1.165) is 45.5 Å². The monoisotopic (exact) mass is 559 g/mol. The number of imide groups is 1. The van der Waals surface area contributed by atoms with Crippen LogP contribution in [0.1, 0.15) is 19.4 Å². The lowest BCUT2D eigenvalue weighted by molar-refractivity contribution is -0.127. The van der Waals surface area contributed by atoms with Gasteiger partial charge in [0, 0.05) is 13.1 Å². The Hall–Kier alpha value is -2.82. The van der Waals surface area contributed by atoms with Crippen LogP contribution in [0.3, 0.4) is 0 Å². The summed E-state index contributed by atoms with van der Waals surface area (Å²) in [6.45, 7) is 6.21. The van der Waals surface area contributed by atoms with Crippen molar-refractivity contribution >= 4 is 62.2 Å². The van der Waals surface area contributed by atoms with Crippen LogP contribution in [0.4, 0.5) is 16.2 Å². The Bertz CT molecular complexity index is 1160. The molecule has 0 saturated carbocycles. The number of nitrogens with one attached hydrogen (secondary N) is 1. The molecule has 0 bridgehead atoms. The summed E-state index contributed by atoms with van der Waals surface area (Å²) >= 11 is 4.30. The number of thioether (sulfide) groups is 1. The van der Waals surface area contributed by atoms with Crippen molar-refractivity contribution in [1.82, 2.24) is 4.90 Å². The van der Waals surface area contributed by atoms with Gasteiger partial charge in [0.15, 0.2) is 0 Å². The maximum atomic E-state index is 12.9. The predicted octanol–water partition coefficient (Wildman–Crippen LogP) is 4.75. The number of hydrogen-bond acceptors (Lipinski definition) is 7. The van der Waals surface area contributed by atoms with Gasteiger partial charge in [-0.3, -0.25) is 19.3 Å². The molecule has 35 heavy (non-hydrogen) atoms. The SMILES string of the molecule is CC(C)Oc1ccc(/C=C2\SC(=O)N(CC(=O)Nc3ccccc3N3CCOCC3)C2=O)cc1Br. The molecule has 8 nitrogen and oxygen atoms in total. The minimum atomic E-state index is -0.491. The van der Waals surface area contributed by atoms with Crippen LogP contribution in [0, 0.1) is 0 Å². The van der Waals surface area contributed by atoms with E-state index in [9.17, 15) is 14.4 Å². The van der Waals surface area contributed by atoms with Gasteiger partial charge in [-0.05, 0) is 77.4 Å². The highest BCUT2D eigenvalue weighted by Gasteiger charge is 2.36. The van der Waals surface area contributed by atoms with Crippen molar-refractivity contribution in [1.29, 1.82) is 0 Å². The lowest BCUT2D eigenvalue weighted by Gasteiger charge is -2.30. The van der Waals surface area contributed by atoms with Crippen LogP contribution in [0.25, 0.3) is 6.08 Å². The standard InChI is InChI=1S/C25H26BrN3O5S/c1-16(2)34-21-8-7-17(13-18(21)26)14-22-24(31)29(25(32)35-22)15-23(30)27-19-5-3-4-6-20(19)28-9-11-33-12-10-28/h3-8,13-14,16H,9-12,15H2,1-2H3,(H,27,30)/b22-14-. The van der Waals surface area contributed by atoms with E-state index in [0.29, 0.717) is 24.7 Å². The van der Waals surface area contributed by atoms with Gasteiger partial charge >= 0.3 is 0 Å². The average molecular weight is 560 g/mol. The average Bonchev–Trinajstić information content (AvgIpc) is 3.09. The normalized spacial score (nSPS) is 17.4. The molecule has 2 saturated heterocycles. The van der Waals surface area contributed by atoms with Gasteiger partial charge in [0.05, 0.1) is 40.1 Å². The number of carbonyl (C=O) groups excluding carboxylic acids is 3. The largest absolute Gasteiger partial charge is 0.490 e. The first-order chi connectivity index (χ1) is 16.8. The highest BCUT2D eigenvalue weighted by atomic mass is 79.9. The lowest BCUT2D eigenvalue weighted by atomic mass is 10.2. The summed E-state index contributed by atoms with van der Waals surface area (Å²) in [6.07, 6.45) is 1.67. The Labute approximate surface area is 216 Å². The number of anilines is 2. The van der Waals surface area contributed by atoms with E-state index in [1.165, 1.54) is 0 Å². The van der Waals surface area contributed by atoms with Crippen LogP contribution >= 0.6 is 27.7 Å². The van der Waals surface area contributed by atoms with Gasteiger partial charge in [-0.1, -0.05) is 18.2 Å². The molecule has 2 heterocycles. The van der Waals surface area contributed by atoms with Gasteiger partial charge < -0.3 is 19.7 Å². The number of para-hydroxylation sites is 2. The third kappa shape index (κ3) is 6.25. The van der Waals surface area contributed by atoms with E-state index < -0.39 is 17.1 Å². The van der Waals surface area contributed by atoms with Crippen molar-refractivity contribution in [2.45, 2.75) is 20.0 Å². The zero-order chi connectivity index (χ0) is 24.9. The molecule has 184 valence electrons. The first kappa shape index (κ1) is 25.3. The van der Waals surface area contributed by atoms with Crippen molar-refractivity contribution in [2.75, 3.05) is 43.1 Å². The van der Waals surface area contributed by atoms with Gasteiger partial charge in [0.1, 0.15) is 12.3 Å². The molecule has 3 amide bonds. The van der Waals surface area contributed by atoms with E-state index in [1.54, 1.807) is 18.2 Å². The zero-order valence-electron chi connectivity index (χ0n) is 19.5. The topological polar surface area (TPSA) is 88.2 Å². The Kier molecular flexibility index (Phi) is 8.15. The van der Waals surface area contributed by atoms with Crippen molar-refractivity contribution in [3.63, 3.8) is 0 Å². The molecule has 0 aliphatic carbocycles. The molecule has 0 spiro atoms. The molecule has 2 aromatic rings. The number of ether oxygens (including phenoxy) is 2. The molecule has 1 N–H and O–H groups in total. The molecular weight excluding hydrogens is 534 g/mol. The van der Waals surface area contributed by atoms with Crippen LogP contribution in [-0.4, -0.2) is 60.9 Å². The second kappa shape index (κ2) is 11.3. The van der Waals surface area contributed by atoms with E-state index in [1.807, 2.05) is 44.2 Å². The number of carbonyl (C=O) groups is 3. The van der Waals surface area contributed by atoms with Crippen molar-refractivity contribution in [2.24, 2.45) is 0 Å². The van der Waals surface area contributed by atoms with Gasteiger partial charge in [-0.25, -0.2) is 0 Å². The zero-order valence-corrected chi connectivity index (χ0v) is 21.9. The molecule has 4 rings (SSSR count). The molecule has 2 fully saturated rings. The van der Waals surface area contributed by atoms with Gasteiger partial charge in [-0.2, -0.15) is 0 Å². The summed E-state index contributed by atoms with van der Waals surface area (Å²) in [6, 6.07) is 12.9. The lowest BCUT2D eigenvalue weighted by Crippen LogP contribution is -2.38. The van der Waals surface area contributed by atoms with E-state index in [4.69, 9.17) is 9.47 Å². The fourth-order valence-corrected chi connectivity index (χ4v) is 5.06. The Morgan fingerprint density at radius 1 is 1.20 bits per heavy atom. The number of nitrogens with zero attached hydrogens (tertiary/aromatic N) is 2. The van der Waals surface area contributed by atoms with E-state index in [-0.39, 0.29) is 17.6 Å². The summed E-state index contributed by atoms with van der Waals surface area (Å²) in [5.41, 5.74) is 2.26. The number of benzene rings is 2.